The molecule has 2 aromatic rings. The number of nitrogens with zero attached hydrogens (tertiary/aromatic N) is 2. The lowest BCUT2D eigenvalue weighted by molar-refractivity contribution is -0.145. The standard InChI is InChI=1S/C23H23N3O5S2/c1-2-31-13(27)5-7-26-21(28)16-11-8-12(17(16)22(26)29)18-15(11)14(10-4-3-6-24-9-10)19-20(32-18)25-23(30)33-19/h3-4,6,9,11-12,14-18H,2,5,7-8H2,1H3,(H,25,30)/t11-,12-,14+,15-,16+,17-,18-/m1/s1. The Hall–Kier alpha value is -2.46. The number of thiazole rings is 1. The summed E-state index contributed by atoms with van der Waals surface area (Å²) in [6, 6.07) is 3.94. The Morgan fingerprint density at radius 3 is 2.76 bits per heavy atom. The maximum absolute atomic E-state index is 13.4. The predicted molar refractivity (Wildman–Crippen MR) is 121 cm³/mol. The number of hydrogen-bond acceptors (Lipinski definition) is 8. The van der Waals surface area contributed by atoms with Gasteiger partial charge in [-0.25, -0.2) is 0 Å². The van der Waals surface area contributed by atoms with Crippen molar-refractivity contribution < 1.29 is 19.1 Å². The van der Waals surface area contributed by atoms with Gasteiger partial charge < -0.3 is 9.72 Å². The summed E-state index contributed by atoms with van der Waals surface area (Å²) in [6.07, 6.45) is 4.45. The molecule has 3 fully saturated rings. The second kappa shape index (κ2) is 7.80. The van der Waals surface area contributed by atoms with E-state index in [4.69, 9.17) is 4.74 Å². The first-order valence-corrected chi connectivity index (χ1v) is 13.0. The van der Waals surface area contributed by atoms with Crippen molar-refractivity contribution in [2.75, 3.05) is 13.2 Å². The van der Waals surface area contributed by atoms with E-state index in [9.17, 15) is 19.2 Å². The number of amides is 2. The highest BCUT2D eigenvalue weighted by atomic mass is 32.2. The van der Waals surface area contributed by atoms with Gasteiger partial charge in [0.15, 0.2) is 0 Å². The summed E-state index contributed by atoms with van der Waals surface area (Å²) in [4.78, 5) is 60.3. The van der Waals surface area contributed by atoms with Crippen LogP contribution in [0.3, 0.4) is 0 Å². The van der Waals surface area contributed by atoms with Gasteiger partial charge in [0.1, 0.15) is 0 Å². The van der Waals surface area contributed by atoms with E-state index >= 15 is 0 Å². The summed E-state index contributed by atoms with van der Waals surface area (Å²) < 4.78 is 4.97. The van der Waals surface area contributed by atoms with Crippen LogP contribution in [0.15, 0.2) is 34.3 Å². The molecule has 0 spiro atoms. The first-order valence-electron chi connectivity index (χ1n) is 11.3. The largest absolute Gasteiger partial charge is 0.466 e. The Bertz CT molecular complexity index is 1190. The van der Waals surface area contributed by atoms with Crippen molar-refractivity contribution in [2.24, 2.45) is 29.6 Å². The van der Waals surface area contributed by atoms with Gasteiger partial charge in [0.25, 0.3) is 0 Å². The molecule has 7 atom stereocenters. The second-order valence-electron chi connectivity index (χ2n) is 9.13. The van der Waals surface area contributed by atoms with Crippen molar-refractivity contribution in [2.45, 2.75) is 36.0 Å². The number of esters is 1. The van der Waals surface area contributed by atoms with Crippen molar-refractivity contribution in [3.63, 3.8) is 0 Å². The third-order valence-corrected chi connectivity index (χ3v) is 10.3. The molecule has 2 aliphatic heterocycles. The molecule has 1 N–H and O–H groups in total. The summed E-state index contributed by atoms with van der Waals surface area (Å²) >= 11 is 2.91. The zero-order chi connectivity index (χ0) is 22.9. The molecule has 4 aliphatic rings. The first kappa shape index (κ1) is 21.1. The van der Waals surface area contributed by atoms with Crippen LogP contribution < -0.4 is 4.87 Å². The van der Waals surface area contributed by atoms with Crippen LogP contribution in [0.5, 0.6) is 0 Å². The number of thioether (sulfide) groups is 1. The van der Waals surface area contributed by atoms with Crippen molar-refractivity contribution in [1.82, 2.24) is 14.9 Å². The summed E-state index contributed by atoms with van der Waals surface area (Å²) in [7, 11) is 0. The minimum absolute atomic E-state index is 0.0173. The van der Waals surface area contributed by atoms with Gasteiger partial charge in [0, 0.05) is 35.0 Å². The van der Waals surface area contributed by atoms with Crippen LogP contribution in [-0.2, 0) is 19.1 Å². The molecule has 2 amide bonds. The maximum Gasteiger partial charge on any atom is 0.307 e. The van der Waals surface area contributed by atoms with E-state index in [1.54, 1.807) is 24.9 Å². The van der Waals surface area contributed by atoms with Crippen LogP contribution >= 0.6 is 23.1 Å². The number of fused-ring (bicyclic) bond motifs is 9. The molecule has 8 nitrogen and oxygen atoms in total. The van der Waals surface area contributed by atoms with Gasteiger partial charge >= 0.3 is 10.8 Å². The van der Waals surface area contributed by atoms with Crippen LogP contribution in [-0.4, -0.2) is 51.1 Å². The van der Waals surface area contributed by atoms with Gasteiger partial charge in [-0.05, 0) is 42.7 Å². The number of ether oxygens (including phenoxy) is 1. The Labute approximate surface area is 198 Å². The topological polar surface area (TPSA) is 109 Å². The number of rotatable bonds is 5. The fourth-order valence-electron chi connectivity index (χ4n) is 6.67. The highest BCUT2D eigenvalue weighted by Crippen LogP contribution is 2.68. The third kappa shape index (κ3) is 3.06. The van der Waals surface area contributed by atoms with Crippen LogP contribution in [0.2, 0.25) is 0 Å². The Morgan fingerprint density at radius 2 is 2.03 bits per heavy atom. The summed E-state index contributed by atoms with van der Waals surface area (Å²) in [5.41, 5.74) is 1.05. The van der Waals surface area contributed by atoms with Gasteiger partial charge in [0.05, 0.1) is 29.9 Å². The van der Waals surface area contributed by atoms with Crippen molar-refractivity contribution in [1.29, 1.82) is 0 Å². The molecule has 33 heavy (non-hydrogen) atoms. The molecular formula is C23H23N3O5S2. The average Bonchev–Trinajstić information content (AvgIpc) is 3.52. The number of carbonyl (C=O) groups excluding carboxylic acids is 3. The maximum atomic E-state index is 13.4. The molecule has 10 heteroatoms. The van der Waals surface area contributed by atoms with E-state index in [1.807, 2.05) is 18.3 Å². The Kier molecular flexibility index (Phi) is 4.99. The van der Waals surface area contributed by atoms with Crippen LogP contribution in [0.4, 0.5) is 0 Å². The fraction of sp³-hybridized carbons (Fsp3) is 0.522. The zero-order valence-electron chi connectivity index (χ0n) is 17.9. The molecule has 6 rings (SSSR count). The number of carbonyl (C=O) groups is 3. The van der Waals surface area contributed by atoms with Gasteiger partial charge in [-0.1, -0.05) is 17.4 Å². The Balaban J connectivity index is 1.34. The molecule has 0 radical (unpaired) electrons. The molecule has 2 saturated carbocycles. The SMILES string of the molecule is CCOC(=O)CCN1C(=O)[C@@H]2[C@H]3C[C@@H]([C@@H]2C1=O)[C@@H]1[C@H](c2cccnc2)c2sc(=O)[nH]c2S[C@H]31. The number of likely N-dealkylation sites (tertiary alicyclic amines) is 1. The number of imide groups is 1. The summed E-state index contributed by atoms with van der Waals surface area (Å²) in [5, 5.41) is 1.04. The van der Waals surface area contributed by atoms with Gasteiger partial charge in [-0.3, -0.25) is 29.1 Å². The lowest BCUT2D eigenvalue weighted by Gasteiger charge is -2.42. The molecular weight excluding hydrogens is 462 g/mol. The first-order chi connectivity index (χ1) is 16.0. The monoisotopic (exact) mass is 485 g/mol. The number of nitrogens with one attached hydrogen (secondary N) is 1. The fourth-order valence-corrected chi connectivity index (χ4v) is 9.56. The quantitative estimate of drug-likeness (QED) is 0.511. The molecule has 2 aromatic heterocycles. The number of pyridine rings is 1. The summed E-state index contributed by atoms with van der Waals surface area (Å²) in [5.74, 6) is -1.09. The Morgan fingerprint density at radius 1 is 1.24 bits per heavy atom. The van der Waals surface area contributed by atoms with Crippen molar-refractivity contribution in [3.05, 3.63) is 44.6 Å². The lowest BCUT2D eigenvalue weighted by Crippen LogP contribution is -2.42. The average molecular weight is 486 g/mol. The van der Waals surface area contributed by atoms with Crippen molar-refractivity contribution in [3.8, 4) is 0 Å². The summed E-state index contributed by atoms with van der Waals surface area (Å²) in [6.45, 7) is 2.09. The second-order valence-corrected chi connectivity index (χ2v) is 11.3. The smallest absolute Gasteiger partial charge is 0.307 e. The van der Waals surface area contributed by atoms with Crippen LogP contribution in [0.1, 0.15) is 36.1 Å². The highest BCUT2D eigenvalue weighted by Gasteiger charge is 2.69. The van der Waals surface area contributed by atoms with E-state index in [1.165, 1.54) is 16.2 Å². The van der Waals surface area contributed by atoms with E-state index in [0.717, 1.165) is 21.9 Å². The minimum atomic E-state index is -0.396. The minimum Gasteiger partial charge on any atom is -0.466 e. The number of H-pyrrole nitrogens is 1. The molecule has 0 aromatic carbocycles. The molecule has 172 valence electrons. The number of aromatic amines is 1. The number of aromatic nitrogens is 2. The highest BCUT2D eigenvalue weighted by molar-refractivity contribution is 8.00. The van der Waals surface area contributed by atoms with E-state index in [2.05, 4.69) is 9.97 Å². The molecule has 4 heterocycles. The molecule has 1 saturated heterocycles. The normalized spacial score (nSPS) is 33.7. The van der Waals surface area contributed by atoms with Crippen LogP contribution in [0, 0.1) is 29.6 Å². The third-order valence-electron chi connectivity index (χ3n) is 7.70. The predicted octanol–water partition coefficient (Wildman–Crippen LogP) is 2.26. The number of hydrogen-bond donors (Lipinski definition) is 1. The molecule has 2 aliphatic carbocycles. The zero-order valence-corrected chi connectivity index (χ0v) is 19.6. The van der Waals surface area contributed by atoms with E-state index in [-0.39, 0.29) is 77.0 Å². The van der Waals surface area contributed by atoms with Crippen LogP contribution in [0.25, 0.3) is 0 Å². The van der Waals surface area contributed by atoms with E-state index in [0.29, 0.717) is 0 Å². The molecule has 2 bridgehead atoms. The lowest BCUT2D eigenvalue weighted by atomic mass is 9.68. The van der Waals surface area contributed by atoms with E-state index < -0.39 is 5.97 Å². The van der Waals surface area contributed by atoms with Gasteiger partial charge in [0.2, 0.25) is 11.8 Å². The van der Waals surface area contributed by atoms with Gasteiger partial charge in [-0.2, -0.15) is 0 Å². The van der Waals surface area contributed by atoms with Crippen molar-refractivity contribution >= 4 is 40.9 Å². The van der Waals surface area contributed by atoms with Gasteiger partial charge in [-0.15, -0.1) is 11.8 Å². The molecule has 0 unspecified atom stereocenters.